The first kappa shape index (κ1) is 39.9. The molecule has 4 aromatic rings. The second kappa shape index (κ2) is 16.6. The van der Waals surface area contributed by atoms with Crippen molar-refractivity contribution in [1.29, 1.82) is 0 Å². The van der Waals surface area contributed by atoms with Crippen LogP contribution < -0.4 is 10.6 Å². The number of amides is 4. The number of ether oxygens (including phenoxy) is 2. The zero-order chi connectivity index (χ0) is 42.5. The number of benzene rings is 2. The highest BCUT2D eigenvalue weighted by atomic mass is 16.5. The van der Waals surface area contributed by atoms with Crippen LogP contribution in [0.1, 0.15) is 86.2 Å². The molecule has 0 spiro atoms. The van der Waals surface area contributed by atoms with E-state index < -0.39 is 24.3 Å². The molecule has 2 aromatic carbocycles. The van der Waals surface area contributed by atoms with E-state index >= 15 is 0 Å². The lowest BCUT2D eigenvalue weighted by Crippen LogP contribution is -2.53. The van der Waals surface area contributed by atoms with E-state index in [1.807, 2.05) is 58.3 Å². The number of carboxylic acid groups (broad SMARTS) is 2. The highest BCUT2D eigenvalue weighted by Crippen LogP contribution is 2.54. The summed E-state index contributed by atoms with van der Waals surface area (Å²) in [6.07, 6.45) is 7.18. The van der Waals surface area contributed by atoms with Crippen LogP contribution in [0.4, 0.5) is 9.59 Å². The second-order valence-electron chi connectivity index (χ2n) is 17.6. The molecule has 8 atom stereocenters. The average Bonchev–Trinajstić information content (AvgIpc) is 3.87. The lowest BCUT2D eigenvalue weighted by Gasteiger charge is -2.35. The first-order valence-corrected chi connectivity index (χ1v) is 21.8. The van der Waals surface area contributed by atoms with Crippen molar-refractivity contribution in [2.24, 2.45) is 23.7 Å². The smallest absolute Gasteiger partial charge is 0.405 e. The van der Waals surface area contributed by atoms with Gasteiger partial charge in [-0.1, -0.05) is 36.1 Å². The van der Waals surface area contributed by atoms with Crippen LogP contribution in [0, 0.1) is 35.5 Å². The maximum atomic E-state index is 14.0. The van der Waals surface area contributed by atoms with Gasteiger partial charge in [0.15, 0.2) is 0 Å². The van der Waals surface area contributed by atoms with Crippen LogP contribution in [0.2, 0.25) is 0 Å². The number of aromatic nitrogens is 4. The molecular formula is C46H50N8O8. The number of rotatable bonds is 10. The fourth-order valence-electron chi connectivity index (χ4n) is 10.4. The van der Waals surface area contributed by atoms with Crippen molar-refractivity contribution in [3.8, 4) is 34.4 Å². The van der Waals surface area contributed by atoms with E-state index in [0.717, 1.165) is 59.3 Å². The number of fused-ring (bicyclic) bond motifs is 2. The summed E-state index contributed by atoms with van der Waals surface area (Å²) in [5, 5.41) is 24.3. The minimum atomic E-state index is -1.19. The summed E-state index contributed by atoms with van der Waals surface area (Å²) in [7, 11) is 0. The maximum Gasteiger partial charge on any atom is 0.405 e. The minimum Gasteiger partial charge on any atom is -0.465 e. The van der Waals surface area contributed by atoms with Gasteiger partial charge in [0.2, 0.25) is 11.8 Å². The second-order valence-corrected chi connectivity index (χ2v) is 17.6. The van der Waals surface area contributed by atoms with E-state index in [9.17, 15) is 29.4 Å². The number of hydrogen-bond donors (Lipinski definition) is 6. The van der Waals surface area contributed by atoms with Gasteiger partial charge in [-0.25, -0.2) is 19.6 Å². The summed E-state index contributed by atoms with van der Waals surface area (Å²) in [6, 6.07) is 13.9. The van der Waals surface area contributed by atoms with Gasteiger partial charge in [0.05, 0.1) is 35.9 Å². The Morgan fingerprint density at radius 2 is 1.00 bits per heavy atom. The van der Waals surface area contributed by atoms with Crippen molar-refractivity contribution in [2.45, 2.75) is 87.6 Å². The normalized spacial score (nSPS) is 26.4. The zero-order valence-corrected chi connectivity index (χ0v) is 34.2. The van der Waals surface area contributed by atoms with E-state index in [-0.39, 0.29) is 47.8 Å². The molecule has 0 bridgehead atoms. The predicted molar refractivity (Wildman–Crippen MR) is 223 cm³/mol. The molecule has 2 saturated carbocycles. The van der Waals surface area contributed by atoms with Crippen molar-refractivity contribution in [3.63, 3.8) is 0 Å². The summed E-state index contributed by atoms with van der Waals surface area (Å²) in [4.78, 5) is 71.6. The van der Waals surface area contributed by atoms with Gasteiger partial charge in [0.25, 0.3) is 0 Å². The first-order valence-electron chi connectivity index (χ1n) is 21.8. The minimum absolute atomic E-state index is 0.107. The molecular weight excluding hydrogens is 793 g/mol. The number of imidazole rings is 2. The van der Waals surface area contributed by atoms with Crippen LogP contribution in [0.3, 0.4) is 0 Å². The van der Waals surface area contributed by atoms with Gasteiger partial charge in [0, 0.05) is 49.6 Å². The molecule has 4 aliphatic heterocycles. The molecule has 10 rings (SSSR count). The Hall–Kier alpha value is -6.18. The summed E-state index contributed by atoms with van der Waals surface area (Å²) >= 11 is 0. The van der Waals surface area contributed by atoms with Crippen molar-refractivity contribution in [2.75, 3.05) is 26.4 Å². The van der Waals surface area contributed by atoms with Crippen LogP contribution in [0.15, 0.2) is 60.9 Å². The van der Waals surface area contributed by atoms with Gasteiger partial charge in [0.1, 0.15) is 23.7 Å². The zero-order valence-electron chi connectivity index (χ0n) is 34.2. The first-order chi connectivity index (χ1) is 30.2. The molecule has 6 heterocycles. The fourth-order valence-corrected chi connectivity index (χ4v) is 10.4. The number of hydrogen-bond acceptors (Lipinski definition) is 8. The fraction of sp³-hybridized carbons (Fsp3) is 0.478. The van der Waals surface area contributed by atoms with E-state index in [0.29, 0.717) is 75.6 Å². The molecule has 4 amide bonds. The number of H-pyrrole nitrogens is 2. The molecule has 6 N–H and O–H groups in total. The van der Waals surface area contributed by atoms with Gasteiger partial charge in [-0.05, 0) is 110 Å². The number of piperidine rings is 2. The number of carbonyl (C=O) groups is 4. The highest BCUT2D eigenvalue weighted by Gasteiger charge is 2.58. The number of nitrogens with zero attached hydrogens (tertiary/aromatic N) is 4. The van der Waals surface area contributed by atoms with Crippen LogP contribution in [0.25, 0.3) is 22.5 Å². The summed E-state index contributed by atoms with van der Waals surface area (Å²) < 4.78 is 11.0. The molecule has 62 heavy (non-hydrogen) atoms. The number of likely N-dealkylation sites (tertiary alicyclic amines) is 2. The Balaban J connectivity index is 0.780. The van der Waals surface area contributed by atoms with Gasteiger partial charge in [-0.2, -0.15) is 0 Å². The summed E-state index contributed by atoms with van der Waals surface area (Å²) in [6.45, 7) is 2.07. The molecule has 322 valence electrons. The quantitative estimate of drug-likeness (QED) is 0.113. The number of carbonyl (C=O) groups excluding carboxylic acids is 2. The lowest BCUT2D eigenvalue weighted by atomic mass is 9.90. The largest absolute Gasteiger partial charge is 0.465 e. The Kier molecular flexibility index (Phi) is 10.7. The van der Waals surface area contributed by atoms with Crippen molar-refractivity contribution < 1.29 is 38.9 Å². The Labute approximate surface area is 358 Å². The van der Waals surface area contributed by atoms with Crippen molar-refractivity contribution in [1.82, 2.24) is 40.4 Å². The van der Waals surface area contributed by atoms with Gasteiger partial charge < -0.3 is 50.1 Å². The Morgan fingerprint density at radius 1 is 0.613 bits per heavy atom. The Morgan fingerprint density at radius 3 is 1.37 bits per heavy atom. The summed E-state index contributed by atoms with van der Waals surface area (Å²) in [5.41, 5.74) is 5.22. The molecule has 6 fully saturated rings. The SMILES string of the molecule is O=C(O)N[C@H](C(=O)N1[C@@H]2C[C@@H]2C[C@H]1c1ncc(-c2ccc(C#Cc3ccc(-c4cnc([C@@H]5C[C@H]6C[C@H]6N5C(=O)[C@@H](NC(=O)O)C5CCOCC5)[nH]4)cc3)cc2)[nH]1)C1CCOCC1. The molecule has 0 radical (unpaired) electrons. The van der Waals surface area contributed by atoms with Crippen LogP contribution >= 0.6 is 0 Å². The monoisotopic (exact) mass is 842 g/mol. The number of aromatic amines is 2. The highest BCUT2D eigenvalue weighted by molar-refractivity contribution is 5.88. The third kappa shape index (κ3) is 8.02. The average molecular weight is 843 g/mol. The molecule has 6 aliphatic rings. The molecule has 2 aliphatic carbocycles. The van der Waals surface area contributed by atoms with E-state index in [4.69, 9.17) is 19.4 Å². The lowest BCUT2D eigenvalue weighted by molar-refractivity contribution is -0.138. The third-order valence-electron chi connectivity index (χ3n) is 13.8. The van der Waals surface area contributed by atoms with Gasteiger partial charge in [-0.3, -0.25) is 9.59 Å². The van der Waals surface area contributed by atoms with Crippen LogP contribution in [-0.4, -0.2) is 115 Å². The Bertz CT molecular complexity index is 2230. The third-order valence-corrected chi connectivity index (χ3v) is 13.8. The standard InChI is InChI=1S/C46H50N8O8/c55-43(39(51-45(57)58)29-11-15-61-16-12-29)53-35-19-31(35)21-37(53)41-47-23-33(49-41)27-7-3-25(4-8-27)1-2-26-5-9-28(10-6-26)34-24-48-42(50-34)38-22-32-20-36(32)54(38)44(56)40(52-46(59)60)30-13-17-62-18-14-30/h3-10,23-24,29-32,35-40,51-52H,11-22H2,(H,47,49)(H,48,50)(H,57,58)(H,59,60)/t31-,32-,35-,36-,37+,38+,39+,40+/m1/s1. The van der Waals surface area contributed by atoms with E-state index in [2.05, 4.69) is 32.4 Å². The molecule has 16 heteroatoms. The van der Waals surface area contributed by atoms with Crippen molar-refractivity contribution >= 4 is 24.0 Å². The van der Waals surface area contributed by atoms with E-state index in [1.165, 1.54) is 0 Å². The van der Waals surface area contributed by atoms with E-state index in [1.54, 1.807) is 12.4 Å². The molecule has 2 aromatic heterocycles. The molecule has 16 nitrogen and oxygen atoms in total. The number of nitrogens with one attached hydrogen (secondary N) is 4. The molecule has 0 unspecified atom stereocenters. The topological polar surface area (TPSA) is 215 Å². The predicted octanol–water partition coefficient (Wildman–Crippen LogP) is 5.32. The van der Waals surface area contributed by atoms with Crippen LogP contribution in [0.5, 0.6) is 0 Å². The summed E-state index contributed by atoms with van der Waals surface area (Å²) in [5.74, 6) is 8.15. The van der Waals surface area contributed by atoms with Gasteiger partial charge >= 0.3 is 12.2 Å². The van der Waals surface area contributed by atoms with Gasteiger partial charge in [-0.15, -0.1) is 0 Å². The molecule has 4 saturated heterocycles. The maximum absolute atomic E-state index is 14.0. The van der Waals surface area contributed by atoms with Crippen LogP contribution in [-0.2, 0) is 19.1 Å². The van der Waals surface area contributed by atoms with Crippen molar-refractivity contribution in [3.05, 3.63) is 83.7 Å².